The van der Waals surface area contributed by atoms with Gasteiger partial charge in [-0.25, -0.2) is 15.0 Å². The van der Waals surface area contributed by atoms with Crippen molar-refractivity contribution in [2.24, 2.45) is 33.7 Å². The minimum atomic E-state index is -4.56. The maximum atomic E-state index is 14.2. The second-order valence-corrected chi connectivity index (χ2v) is 9.82. The molecule has 4 atom stereocenters. The molecular formula is C24H23F5N6. The van der Waals surface area contributed by atoms with Crippen molar-refractivity contribution in [3.05, 3.63) is 53.6 Å². The fourth-order valence-electron chi connectivity index (χ4n) is 5.10. The molecule has 0 amide bonds. The molecule has 11 heteroatoms. The van der Waals surface area contributed by atoms with Crippen LogP contribution in [0.3, 0.4) is 0 Å². The quantitative estimate of drug-likeness (QED) is 0.569. The summed E-state index contributed by atoms with van der Waals surface area (Å²) < 4.78 is 68.2. The Morgan fingerprint density at radius 1 is 1.14 bits per heavy atom. The van der Waals surface area contributed by atoms with Crippen LogP contribution >= 0.6 is 0 Å². The molecule has 6 nitrogen and oxygen atoms in total. The van der Waals surface area contributed by atoms with E-state index in [-0.39, 0.29) is 41.6 Å². The highest BCUT2D eigenvalue weighted by Gasteiger charge is 2.87. The first kappa shape index (κ1) is 22.4. The number of fused-ring (bicyclic) bond motifs is 2. The van der Waals surface area contributed by atoms with Gasteiger partial charge >= 0.3 is 6.18 Å². The Morgan fingerprint density at radius 3 is 2.54 bits per heavy atom. The first-order chi connectivity index (χ1) is 16.5. The number of anilines is 1. The van der Waals surface area contributed by atoms with Crippen molar-refractivity contribution in [2.45, 2.75) is 50.5 Å². The number of aliphatic imine (C=N–C) groups is 2. The van der Waals surface area contributed by atoms with Gasteiger partial charge in [0.05, 0.1) is 17.4 Å². The molecule has 3 saturated carbocycles. The lowest BCUT2D eigenvalue weighted by Gasteiger charge is -2.28. The maximum Gasteiger partial charge on any atom is 0.433 e. The summed E-state index contributed by atoms with van der Waals surface area (Å²) in [6.07, 6.45) is -2.67. The molecule has 7 rings (SSSR count). The fraction of sp³-hybridized carbons (Fsp3) is 0.500. The zero-order valence-corrected chi connectivity index (χ0v) is 18.9. The number of guanidine groups is 1. The smallest absolute Gasteiger partial charge is 0.362 e. The summed E-state index contributed by atoms with van der Waals surface area (Å²) in [6, 6.07) is 6.86. The summed E-state index contributed by atoms with van der Waals surface area (Å²) >= 11 is 0. The average Bonchev–Trinajstić information content (AvgIpc) is 3.74. The second kappa shape index (κ2) is 7.20. The van der Waals surface area contributed by atoms with Crippen LogP contribution < -0.4 is 10.6 Å². The van der Waals surface area contributed by atoms with E-state index in [1.54, 1.807) is 6.07 Å². The number of pyridine rings is 2. The van der Waals surface area contributed by atoms with Crippen molar-refractivity contribution in [1.82, 2.24) is 15.3 Å². The number of nitrogens with one attached hydrogen (secondary N) is 2. The Bertz CT molecular complexity index is 1240. The highest BCUT2D eigenvalue weighted by Crippen LogP contribution is 2.76. The lowest BCUT2D eigenvalue weighted by molar-refractivity contribution is -0.141. The van der Waals surface area contributed by atoms with Crippen LogP contribution in [0.15, 0.2) is 46.5 Å². The van der Waals surface area contributed by atoms with E-state index in [4.69, 9.17) is 0 Å². The topological polar surface area (TPSA) is 74.6 Å². The molecular weight excluding hydrogens is 467 g/mol. The molecule has 35 heavy (non-hydrogen) atoms. The highest BCUT2D eigenvalue weighted by atomic mass is 19.4. The van der Waals surface area contributed by atoms with Gasteiger partial charge in [0.1, 0.15) is 17.1 Å². The largest absolute Gasteiger partial charge is 0.433 e. The molecule has 2 aromatic rings. The third kappa shape index (κ3) is 3.66. The number of alkyl halides is 5. The number of hydrogen-bond acceptors (Lipinski definition) is 4. The zero-order valence-electron chi connectivity index (χ0n) is 18.9. The Morgan fingerprint density at radius 2 is 1.89 bits per heavy atom. The van der Waals surface area contributed by atoms with E-state index in [1.807, 2.05) is 0 Å². The molecule has 0 radical (unpaired) electrons. The highest BCUT2D eigenvalue weighted by molar-refractivity contribution is 6.12. The van der Waals surface area contributed by atoms with E-state index in [1.165, 1.54) is 31.3 Å². The summed E-state index contributed by atoms with van der Waals surface area (Å²) in [6.45, 7) is 3.46. The molecule has 5 aliphatic rings. The molecule has 3 fully saturated rings. The predicted octanol–water partition coefficient (Wildman–Crippen LogP) is 4.84. The van der Waals surface area contributed by atoms with Crippen LogP contribution in [0, 0.1) is 23.7 Å². The van der Waals surface area contributed by atoms with Gasteiger partial charge < -0.3 is 10.6 Å². The molecule has 2 aliphatic heterocycles. The van der Waals surface area contributed by atoms with Crippen molar-refractivity contribution in [1.29, 1.82) is 0 Å². The first-order valence-corrected chi connectivity index (χ1v) is 11.7. The maximum absolute atomic E-state index is 14.2. The van der Waals surface area contributed by atoms with Crippen LogP contribution in [0.1, 0.15) is 43.8 Å². The van der Waals surface area contributed by atoms with E-state index in [2.05, 4.69) is 37.5 Å². The lowest BCUT2D eigenvalue weighted by Crippen LogP contribution is -2.49. The number of hydrogen-bond donors (Lipinski definition) is 2. The molecule has 4 unspecified atom stereocenters. The molecule has 2 aromatic heterocycles. The van der Waals surface area contributed by atoms with Crippen LogP contribution in [0.25, 0.3) is 0 Å². The summed E-state index contributed by atoms with van der Waals surface area (Å²) in [5.41, 5.74) is -0.778. The third-order valence-corrected chi connectivity index (χ3v) is 7.41. The van der Waals surface area contributed by atoms with E-state index >= 15 is 0 Å². The third-order valence-electron chi connectivity index (χ3n) is 7.41. The predicted molar refractivity (Wildman–Crippen MR) is 119 cm³/mol. The molecule has 0 saturated heterocycles. The van der Waals surface area contributed by atoms with Crippen LogP contribution in [-0.4, -0.2) is 33.3 Å². The SMILES string of the molecule is CCC(F)(F)c1cc(NC23NC(=NC4CC4C)N=C(c4cccc(C(F)(F)F)n4)C4C2C43)ccn1. The molecule has 0 aromatic carbocycles. The Kier molecular flexibility index (Phi) is 4.60. The molecule has 184 valence electrons. The minimum Gasteiger partial charge on any atom is -0.362 e. The standard InChI is InChI=1S/C24H23F5N6/c1-3-22(25,26)16-10-12(7-8-30-16)34-23-18-17(19(18)23)20(33-21(35-23)32-14-9-11(14)2)13-5-4-6-15(31-13)24(27,28)29/h4-8,10-11,14,17-19H,3,9H2,1-2H3,(H,30,34)(H,32,35). The van der Waals surface area contributed by atoms with E-state index in [0.717, 1.165) is 12.5 Å². The van der Waals surface area contributed by atoms with E-state index < -0.39 is 23.5 Å². The van der Waals surface area contributed by atoms with Gasteiger partial charge in [0.15, 0.2) is 0 Å². The second-order valence-electron chi connectivity index (χ2n) is 9.82. The molecule has 0 spiro atoms. The van der Waals surface area contributed by atoms with Crippen molar-refractivity contribution in [2.75, 3.05) is 5.32 Å². The summed E-state index contributed by atoms with van der Waals surface area (Å²) in [4.78, 5) is 17.0. The van der Waals surface area contributed by atoms with Crippen molar-refractivity contribution in [3.8, 4) is 0 Å². The van der Waals surface area contributed by atoms with Gasteiger partial charge in [-0.15, -0.1) is 0 Å². The van der Waals surface area contributed by atoms with Crippen LogP contribution in [-0.2, 0) is 12.1 Å². The van der Waals surface area contributed by atoms with E-state index in [0.29, 0.717) is 23.3 Å². The van der Waals surface area contributed by atoms with Gasteiger partial charge in [-0.1, -0.05) is 19.9 Å². The van der Waals surface area contributed by atoms with Gasteiger partial charge in [0.2, 0.25) is 5.96 Å². The monoisotopic (exact) mass is 490 g/mol. The Labute approximate surface area is 198 Å². The molecule has 4 heterocycles. The summed E-state index contributed by atoms with van der Waals surface area (Å²) in [5.74, 6) is -2.32. The zero-order chi connectivity index (χ0) is 24.8. The molecule has 2 N–H and O–H groups in total. The van der Waals surface area contributed by atoms with Gasteiger partial charge in [-0.3, -0.25) is 4.98 Å². The van der Waals surface area contributed by atoms with Crippen molar-refractivity contribution < 1.29 is 22.0 Å². The van der Waals surface area contributed by atoms with Gasteiger partial charge in [-0.05, 0) is 36.6 Å². The normalized spacial score (nSPS) is 33.9. The number of rotatable bonds is 6. The van der Waals surface area contributed by atoms with Crippen LogP contribution in [0.4, 0.5) is 27.6 Å². The first-order valence-electron chi connectivity index (χ1n) is 11.7. The van der Waals surface area contributed by atoms with Crippen LogP contribution in [0.2, 0.25) is 0 Å². The van der Waals surface area contributed by atoms with Crippen LogP contribution in [0.5, 0.6) is 0 Å². The summed E-state index contributed by atoms with van der Waals surface area (Å²) in [5, 5.41) is 6.69. The van der Waals surface area contributed by atoms with Crippen molar-refractivity contribution in [3.63, 3.8) is 0 Å². The van der Waals surface area contributed by atoms with Gasteiger partial charge in [-0.2, -0.15) is 22.0 Å². The Balaban J connectivity index is 1.32. The van der Waals surface area contributed by atoms with Gasteiger partial charge in [0, 0.05) is 36.1 Å². The number of halogens is 5. The summed E-state index contributed by atoms with van der Waals surface area (Å²) in [7, 11) is 0. The number of nitrogens with zero attached hydrogens (tertiary/aromatic N) is 4. The molecule has 2 bridgehead atoms. The van der Waals surface area contributed by atoms with Gasteiger partial charge in [0.25, 0.3) is 5.92 Å². The molecule has 3 aliphatic carbocycles. The lowest BCUT2D eigenvalue weighted by atomic mass is 9.98. The number of aromatic nitrogens is 2. The average molecular weight is 490 g/mol. The van der Waals surface area contributed by atoms with Crippen molar-refractivity contribution >= 4 is 17.4 Å². The minimum absolute atomic E-state index is 0.0326. The van der Waals surface area contributed by atoms with E-state index in [9.17, 15) is 22.0 Å². The Hall–Kier alpha value is -3.11. The fourth-order valence-corrected chi connectivity index (χ4v) is 5.10.